The van der Waals surface area contributed by atoms with Crippen LogP contribution in [0.4, 0.5) is 8.78 Å². The third-order valence-corrected chi connectivity index (χ3v) is 7.25. The molecular weight excluding hydrogens is 544 g/mol. The molecular formula is C32H37F2N3O3S. The molecule has 0 spiro atoms. The van der Waals surface area contributed by atoms with E-state index in [0.717, 1.165) is 11.3 Å². The van der Waals surface area contributed by atoms with E-state index in [1.54, 1.807) is 37.3 Å². The summed E-state index contributed by atoms with van der Waals surface area (Å²) < 4.78 is 40.2. The van der Waals surface area contributed by atoms with E-state index in [2.05, 4.69) is 4.98 Å². The number of ether oxygens (including phenoxy) is 2. The van der Waals surface area contributed by atoms with Gasteiger partial charge in [0.05, 0.1) is 55.5 Å². The van der Waals surface area contributed by atoms with Crippen molar-refractivity contribution >= 4 is 17.2 Å². The molecule has 0 fully saturated rings. The van der Waals surface area contributed by atoms with Crippen LogP contribution in [0.15, 0.2) is 47.8 Å². The van der Waals surface area contributed by atoms with Gasteiger partial charge in [-0.1, -0.05) is 47.6 Å². The number of amides is 1. The zero-order valence-corrected chi connectivity index (χ0v) is 25.7. The topological polar surface area (TPSA) is 64.5 Å². The van der Waals surface area contributed by atoms with Crippen LogP contribution in [0, 0.1) is 11.6 Å². The SMILES string of the molecule is CC.CC.COc1ccc(CN2Cc3nc(-c4c(F)cccc4F)cc(-c4nc(C(C)C)cs4)c3C2=O)c(OC)c1. The summed E-state index contributed by atoms with van der Waals surface area (Å²) in [6, 6.07) is 10.7. The van der Waals surface area contributed by atoms with Crippen molar-refractivity contribution in [3.63, 3.8) is 0 Å². The summed E-state index contributed by atoms with van der Waals surface area (Å²) in [5, 5.41) is 2.55. The van der Waals surface area contributed by atoms with Gasteiger partial charge in [0.2, 0.25) is 0 Å². The zero-order chi connectivity index (χ0) is 30.3. The number of rotatable bonds is 7. The van der Waals surface area contributed by atoms with E-state index in [4.69, 9.17) is 14.5 Å². The lowest BCUT2D eigenvalue weighted by Gasteiger charge is -2.18. The zero-order valence-electron chi connectivity index (χ0n) is 24.8. The highest BCUT2D eigenvalue weighted by molar-refractivity contribution is 7.13. The summed E-state index contributed by atoms with van der Waals surface area (Å²) in [5.41, 5.74) is 2.95. The molecule has 218 valence electrons. The molecule has 0 saturated carbocycles. The van der Waals surface area contributed by atoms with E-state index >= 15 is 0 Å². The Kier molecular flexibility index (Phi) is 10.9. The molecule has 1 aliphatic heterocycles. The van der Waals surface area contributed by atoms with Crippen molar-refractivity contribution in [1.82, 2.24) is 14.9 Å². The van der Waals surface area contributed by atoms with Gasteiger partial charge in [0, 0.05) is 22.6 Å². The second kappa shape index (κ2) is 14.2. The number of nitrogens with zero attached hydrogens (tertiary/aromatic N) is 3. The van der Waals surface area contributed by atoms with Gasteiger partial charge in [0.25, 0.3) is 5.91 Å². The van der Waals surface area contributed by atoms with Crippen molar-refractivity contribution in [1.29, 1.82) is 0 Å². The Hall–Kier alpha value is -3.85. The van der Waals surface area contributed by atoms with Gasteiger partial charge in [-0.05, 0) is 36.2 Å². The minimum absolute atomic E-state index is 0.127. The maximum absolute atomic E-state index is 14.7. The smallest absolute Gasteiger partial charge is 0.257 e. The quantitative estimate of drug-likeness (QED) is 0.219. The lowest BCUT2D eigenvalue weighted by Crippen LogP contribution is -2.23. The largest absolute Gasteiger partial charge is 0.497 e. The molecule has 1 aliphatic rings. The Morgan fingerprint density at radius 2 is 1.63 bits per heavy atom. The Balaban J connectivity index is 0.00000111. The minimum atomic E-state index is -0.718. The number of aromatic nitrogens is 2. The second-order valence-electron chi connectivity index (χ2n) is 9.04. The van der Waals surface area contributed by atoms with Crippen molar-refractivity contribution in [2.75, 3.05) is 14.2 Å². The van der Waals surface area contributed by atoms with Crippen molar-refractivity contribution in [2.45, 2.75) is 60.5 Å². The summed E-state index contributed by atoms with van der Waals surface area (Å²) in [4.78, 5) is 24.6. The molecule has 0 unspecified atom stereocenters. The fraction of sp³-hybridized carbons (Fsp3) is 0.344. The number of halogens is 2. The van der Waals surface area contributed by atoms with Crippen LogP contribution in [0.2, 0.25) is 0 Å². The van der Waals surface area contributed by atoms with Gasteiger partial charge in [-0.3, -0.25) is 4.79 Å². The van der Waals surface area contributed by atoms with E-state index in [1.807, 2.05) is 53.0 Å². The first kappa shape index (κ1) is 31.7. The standard InChI is InChI=1S/C28H25F2N3O3S.2C2H6/c1-15(2)23-14-37-27(32-23)18-11-21(26-19(29)6-5-7-20(26)30)31-22-13-33(28(34)25(18)22)12-16-8-9-17(35-3)10-24(16)36-4;2*1-2/h5-11,14-15H,12-13H2,1-4H3;2*1-2H3. The first-order valence-corrected chi connectivity index (χ1v) is 14.6. The highest BCUT2D eigenvalue weighted by Gasteiger charge is 2.34. The van der Waals surface area contributed by atoms with Crippen LogP contribution in [0.5, 0.6) is 11.5 Å². The highest BCUT2D eigenvalue weighted by atomic mass is 32.1. The number of fused-ring (bicyclic) bond motifs is 1. The molecule has 0 atom stereocenters. The normalized spacial score (nSPS) is 11.9. The first-order valence-electron chi connectivity index (χ1n) is 13.7. The lowest BCUT2D eigenvalue weighted by molar-refractivity contribution is 0.0765. The lowest BCUT2D eigenvalue weighted by atomic mass is 10.0. The van der Waals surface area contributed by atoms with Crippen LogP contribution < -0.4 is 9.47 Å². The van der Waals surface area contributed by atoms with Crippen molar-refractivity contribution in [2.24, 2.45) is 0 Å². The van der Waals surface area contributed by atoms with Gasteiger partial charge >= 0.3 is 0 Å². The van der Waals surface area contributed by atoms with E-state index in [-0.39, 0.29) is 36.2 Å². The molecule has 5 rings (SSSR count). The van der Waals surface area contributed by atoms with E-state index in [1.165, 1.54) is 29.5 Å². The van der Waals surface area contributed by atoms with Crippen molar-refractivity contribution in [3.05, 3.63) is 82.0 Å². The summed E-state index contributed by atoms with van der Waals surface area (Å²) in [7, 11) is 3.13. The van der Waals surface area contributed by atoms with Gasteiger partial charge in [0.1, 0.15) is 28.1 Å². The van der Waals surface area contributed by atoms with E-state index in [9.17, 15) is 13.6 Å². The minimum Gasteiger partial charge on any atom is -0.497 e. The number of thiazole rings is 1. The molecule has 0 radical (unpaired) electrons. The van der Waals surface area contributed by atoms with Gasteiger partial charge in [-0.15, -0.1) is 11.3 Å². The maximum atomic E-state index is 14.7. The Morgan fingerprint density at radius 1 is 0.951 bits per heavy atom. The van der Waals surface area contributed by atoms with Gasteiger partial charge in [0.15, 0.2) is 0 Å². The van der Waals surface area contributed by atoms with Gasteiger partial charge in [-0.2, -0.15) is 0 Å². The van der Waals surface area contributed by atoms with Crippen LogP contribution in [-0.4, -0.2) is 35.0 Å². The van der Waals surface area contributed by atoms with Crippen LogP contribution in [0.3, 0.4) is 0 Å². The summed E-state index contributed by atoms with van der Waals surface area (Å²) >= 11 is 1.40. The van der Waals surface area contributed by atoms with Crippen molar-refractivity contribution < 1.29 is 23.0 Å². The number of benzene rings is 2. The summed E-state index contributed by atoms with van der Waals surface area (Å²) in [6.07, 6.45) is 0. The highest BCUT2D eigenvalue weighted by Crippen LogP contribution is 2.39. The molecule has 4 aromatic rings. The van der Waals surface area contributed by atoms with Crippen LogP contribution in [0.25, 0.3) is 21.8 Å². The molecule has 0 aliphatic carbocycles. The number of carbonyl (C=O) groups excluding carboxylic acids is 1. The molecule has 0 bridgehead atoms. The van der Waals surface area contributed by atoms with Crippen LogP contribution in [-0.2, 0) is 13.1 Å². The number of hydrogen-bond acceptors (Lipinski definition) is 6. The average molecular weight is 582 g/mol. The fourth-order valence-electron chi connectivity index (χ4n) is 4.39. The summed E-state index contributed by atoms with van der Waals surface area (Å²) in [6.45, 7) is 12.5. The van der Waals surface area contributed by atoms with Gasteiger partial charge < -0.3 is 14.4 Å². The third-order valence-electron chi connectivity index (χ3n) is 6.35. The van der Waals surface area contributed by atoms with Crippen molar-refractivity contribution in [3.8, 4) is 33.3 Å². The predicted molar refractivity (Wildman–Crippen MR) is 161 cm³/mol. The maximum Gasteiger partial charge on any atom is 0.257 e. The Labute approximate surface area is 245 Å². The molecule has 2 aromatic carbocycles. The average Bonchev–Trinajstić information content (AvgIpc) is 3.60. The van der Waals surface area contributed by atoms with Gasteiger partial charge in [-0.25, -0.2) is 18.7 Å². The second-order valence-corrected chi connectivity index (χ2v) is 9.90. The molecule has 1 amide bonds. The third kappa shape index (κ3) is 6.56. The Morgan fingerprint density at radius 3 is 2.22 bits per heavy atom. The number of hydrogen-bond donors (Lipinski definition) is 0. The molecule has 2 aromatic heterocycles. The predicted octanol–water partition coefficient (Wildman–Crippen LogP) is 8.50. The Bertz CT molecular complexity index is 1480. The molecule has 0 N–H and O–H groups in total. The van der Waals surface area contributed by atoms with Crippen LogP contribution in [0.1, 0.15) is 74.8 Å². The van der Waals surface area contributed by atoms with E-state index in [0.29, 0.717) is 33.3 Å². The fourth-order valence-corrected chi connectivity index (χ4v) is 5.40. The molecule has 9 heteroatoms. The molecule has 3 heterocycles. The molecule has 0 saturated heterocycles. The van der Waals surface area contributed by atoms with Crippen LogP contribution >= 0.6 is 11.3 Å². The molecule has 6 nitrogen and oxygen atoms in total. The first-order chi connectivity index (χ1) is 19.8. The number of carbonyl (C=O) groups is 1. The number of pyridine rings is 1. The summed E-state index contributed by atoms with van der Waals surface area (Å²) in [5.74, 6) is -0.238. The molecule has 41 heavy (non-hydrogen) atoms. The monoisotopic (exact) mass is 581 g/mol. The number of methoxy groups -OCH3 is 2. The van der Waals surface area contributed by atoms with E-state index < -0.39 is 11.6 Å².